The van der Waals surface area contributed by atoms with Gasteiger partial charge in [0, 0.05) is 19.8 Å². The maximum atomic E-state index is 13.1. The molecule has 2 atom stereocenters. The Morgan fingerprint density at radius 1 is 1.03 bits per heavy atom. The number of halogens is 1. The molecule has 0 saturated heterocycles. The highest BCUT2D eigenvalue weighted by Gasteiger charge is 2.27. The summed E-state index contributed by atoms with van der Waals surface area (Å²) in [5.41, 5.74) is 1.73. The second-order valence-electron chi connectivity index (χ2n) is 6.68. The van der Waals surface area contributed by atoms with Crippen molar-refractivity contribution in [2.45, 2.75) is 31.8 Å². The van der Waals surface area contributed by atoms with Gasteiger partial charge >= 0.3 is 5.97 Å². The van der Waals surface area contributed by atoms with Crippen molar-refractivity contribution in [3.63, 3.8) is 0 Å². The molecule has 0 spiro atoms. The van der Waals surface area contributed by atoms with Crippen LogP contribution in [0.1, 0.15) is 23.6 Å². The largest absolute Gasteiger partial charge is 0.467 e. The van der Waals surface area contributed by atoms with Crippen LogP contribution in [0.5, 0.6) is 0 Å². The average molecular weight is 411 g/mol. The molecule has 0 saturated carbocycles. The number of carbonyl (C=O) groups is 3. The SMILES string of the molecule is COC(=O)[C@H](Cc1cccc(C#N)c1)NC(=O)[C@@H](Cc1ccc(F)cc1)NC(C)=O. The van der Waals surface area contributed by atoms with E-state index in [2.05, 4.69) is 10.6 Å². The summed E-state index contributed by atoms with van der Waals surface area (Å²) < 4.78 is 17.9. The lowest BCUT2D eigenvalue weighted by molar-refractivity contribution is -0.145. The average Bonchev–Trinajstić information content (AvgIpc) is 2.73. The zero-order chi connectivity index (χ0) is 22.1. The first-order chi connectivity index (χ1) is 14.3. The smallest absolute Gasteiger partial charge is 0.328 e. The first-order valence-corrected chi connectivity index (χ1v) is 9.21. The van der Waals surface area contributed by atoms with Crippen molar-refractivity contribution in [2.75, 3.05) is 7.11 Å². The number of esters is 1. The first kappa shape index (κ1) is 22.6. The number of nitrogens with zero attached hydrogens (tertiary/aromatic N) is 1. The Bertz CT molecular complexity index is 954. The molecule has 2 N–H and O–H groups in total. The zero-order valence-corrected chi connectivity index (χ0v) is 16.6. The fourth-order valence-corrected chi connectivity index (χ4v) is 2.92. The Labute approximate surface area is 173 Å². The molecule has 0 aliphatic rings. The van der Waals surface area contributed by atoms with Crippen LogP contribution in [0, 0.1) is 17.1 Å². The van der Waals surface area contributed by atoms with Gasteiger partial charge in [0.05, 0.1) is 18.7 Å². The van der Waals surface area contributed by atoms with Crippen LogP contribution in [-0.2, 0) is 32.0 Å². The standard InChI is InChI=1S/C22H22FN3O4/c1-14(27)25-19(11-15-6-8-18(23)9-7-15)21(28)26-20(22(29)30-2)12-16-4-3-5-17(10-16)13-24/h3-10,19-20H,11-12H2,1-2H3,(H,25,27)(H,26,28)/t19-,20+/m1/s1. The van der Waals surface area contributed by atoms with Crippen LogP contribution < -0.4 is 10.6 Å². The minimum absolute atomic E-state index is 0.108. The van der Waals surface area contributed by atoms with Gasteiger partial charge in [0.1, 0.15) is 17.9 Å². The van der Waals surface area contributed by atoms with Gasteiger partial charge in [-0.05, 0) is 35.4 Å². The topological polar surface area (TPSA) is 108 Å². The maximum absolute atomic E-state index is 13.1. The number of benzene rings is 2. The molecular weight excluding hydrogens is 389 g/mol. The minimum Gasteiger partial charge on any atom is -0.467 e. The third-order valence-electron chi connectivity index (χ3n) is 4.35. The van der Waals surface area contributed by atoms with Crippen LogP contribution in [0.4, 0.5) is 4.39 Å². The number of nitriles is 1. The van der Waals surface area contributed by atoms with E-state index in [1.54, 1.807) is 24.3 Å². The Morgan fingerprint density at radius 2 is 1.70 bits per heavy atom. The van der Waals surface area contributed by atoms with E-state index in [0.29, 0.717) is 16.7 Å². The van der Waals surface area contributed by atoms with Crippen molar-refractivity contribution in [3.05, 3.63) is 71.0 Å². The van der Waals surface area contributed by atoms with Gasteiger partial charge in [0.2, 0.25) is 11.8 Å². The van der Waals surface area contributed by atoms with Crippen LogP contribution >= 0.6 is 0 Å². The predicted octanol–water partition coefficient (Wildman–Crippen LogP) is 1.65. The van der Waals surface area contributed by atoms with Crippen LogP contribution in [0.25, 0.3) is 0 Å². The molecule has 0 aliphatic carbocycles. The summed E-state index contributed by atoms with van der Waals surface area (Å²) in [5, 5.41) is 14.2. The van der Waals surface area contributed by atoms with Crippen molar-refractivity contribution in [3.8, 4) is 6.07 Å². The molecule has 0 bridgehead atoms. The lowest BCUT2D eigenvalue weighted by Gasteiger charge is -2.22. The number of ether oxygens (including phenoxy) is 1. The Kier molecular flexibility index (Phi) is 8.06. The number of nitrogens with one attached hydrogen (secondary N) is 2. The van der Waals surface area contributed by atoms with Gasteiger partial charge in [-0.3, -0.25) is 9.59 Å². The molecular formula is C22H22FN3O4. The molecule has 7 nitrogen and oxygen atoms in total. The maximum Gasteiger partial charge on any atom is 0.328 e. The molecule has 156 valence electrons. The fraction of sp³-hybridized carbons (Fsp3) is 0.273. The monoisotopic (exact) mass is 411 g/mol. The first-order valence-electron chi connectivity index (χ1n) is 9.21. The molecule has 2 rings (SSSR count). The van der Waals surface area contributed by atoms with Crippen molar-refractivity contribution in [1.82, 2.24) is 10.6 Å². The number of hydrogen-bond donors (Lipinski definition) is 2. The summed E-state index contributed by atoms with van der Waals surface area (Å²) in [6.45, 7) is 1.27. The number of rotatable bonds is 8. The normalized spacial score (nSPS) is 12.2. The van der Waals surface area contributed by atoms with E-state index in [1.807, 2.05) is 6.07 Å². The summed E-state index contributed by atoms with van der Waals surface area (Å²) in [5.74, 6) is -2.08. The van der Waals surface area contributed by atoms with Gasteiger partial charge in [0.25, 0.3) is 0 Å². The molecule has 30 heavy (non-hydrogen) atoms. The van der Waals surface area contributed by atoms with Gasteiger partial charge < -0.3 is 15.4 Å². The summed E-state index contributed by atoms with van der Waals surface area (Å²) in [6.07, 6.45) is 0.223. The van der Waals surface area contributed by atoms with E-state index in [9.17, 15) is 18.8 Å². The van der Waals surface area contributed by atoms with Crippen molar-refractivity contribution >= 4 is 17.8 Å². The highest BCUT2D eigenvalue weighted by Crippen LogP contribution is 2.10. The van der Waals surface area contributed by atoms with Crippen molar-refractivity contribution < 1.29 is 23.5 Å². The highest BCUT2D eigenvalue weighted by atomic mass is 19.1. The van der Waals surface area contributed by atoms with Crippen LogP contribution in [-0.4, -0.2) is 37.0 Å². The van der Waals surface area contributed by atoms with Gasteiger partial charge in [-0.25, -0.2) is 9.18 Å². The van der Waals surface area contributed by atoms with E-state index >= 15 is 0 Å². The molecule has 0 radical (unpaired) electrons. The lowest BCUT2D eigenvalue weighted by atomic mass is 10.0. The summed E-state index contributed by atoms with van der Waals surface area (Å²) in [7, 11) is 1.21. The molecule has 2 aromatic carbocycles. The third-order valence-corrected chi connectivity index (χ3v) is 4.35. The number of hydrogen-bond acceptors (Lipinski definition) is 5. The van der Waals surface area contributed by atoms with Gasteiger partial charge in [-0.1, -0.05) is 24.3 Å². The summed E-state index contributed by atoms with van der Waals surface area (Å²) in [4.78, 5) is 36.6. The Morgan fingerprint density at radius 3 is 2.30 bits per heavy atom. The number of methoxy groups -OCH3 is 1. The third kappa shape index (κ3) is 6.71. The van der Waals surface area contributed by atoms with Crippen LogP contribution in [0.15, 0.2) is 48.5 Å². The second-order valence-corrected chi connectivity index (χ2v) is 6.68. The quantitative estimate of drug-likeness (QED) is 0.642. The van der Waals surface area contributed by atoms with E-state index in [1.165, 1.54) is 38.3 Å². The highest BCUT2D eigenvalue weighted by molar-refractivity contribution is 5.90. The van der Waals surface area contributed by atoms with Crippen molar-refractivity contribution in [2.24, 2.45) is 0 Å². The van der Waals surface area contributed by atoms with Gasteiger partial charge in [-0.2, -0.15) is 5.26 Å². The molecule has 2 aromatic rings. The molecule has 0 aliphatic heterocycles. The van der Waals surface area contributed by atoms with Gasteiger partial charge in [-0.15, -0.1) is 0 Å². The van der Waals surface area contributed by atoms with E-state index in [0.717, 1.165) is 0 Å². The molecule has 0 aromatic heterocycles. The Hall–Kier alpha value is -3.73. The fourth-order valence-electron chi connectivity index (χ4n) is 2.92. The van der Waals surface area contributed by atoms with E-state index in [-0.39, 0.29) is 12.8 Å². The van der Waals surface area contributed by atoms with E-state index in [4.69, 9.17) is 10.00 Å². The number of carbonyl (C=O) groups excluding carboxylic acids is 3. The molecule has 8 heteroatoms. The Balaban J connectivity index is 2.18. The molecule has 0 unspecified atom stereocenters. The van der Waals surface area contributed by atoms with Gasteiger partial charge in [0.15, 0.2) is 0 Å². The predicted molar refractivity (Wildman–Crippen MR) is 107 cm³/mol. The lowest BCUT2D eigenvalue weighted by Crippen LogP contribution is -2.53. The minimum atomic E-state index is -1.01. The van der Waals surface area contributed by atoms with E-state index < -0.39 is 35.7 Å². The molecule has 2 amide bonds. The molecule has 0 fully saturated rings. The summed E-state index contributed by atoms with van der Waals surface area (Å²) >= 11 is 0. The summed E-state index contributed by atoms with van der Waals surface area (Å²) in [6, 6.07) is 12.2. The van der Waals surface area contributed by atoms with Crippen molar-refractivity contribution in [1.29, 1.82) is 5.26 Å². The molecule has 0 heterocycles. The van der Waals surface area contributed by atoms with Crippen LogP contribution in [0.2, 0.25) is 0 Å². The number of amides is 2. The second kappa shape index (κ2) is 10.7. The van der Waals surface area contributed by atoms with Crippen LogP contribution in [0.3, 0.4) is 0 Å². The zero-order valence-electron chi connectivity index (χ0n) is 16.6.